The van der Waals surface area contributed by atoms with Gasteiger partial charge in [-0.3, -0.25) is 9.10 Å². The molecule has 1 N–H and O–H groups in total. The van der Waals surface area contributed by atoms with Crippen molar-refractivity contribution in [2.45, 2.75) is 44.8 Å². The molecule has 0 aliphatic rings. The highest BCUT2D eigenvalue weighted by Crippen LogP contribution is 2.32. The van der Waals surface area contributed by atoms with Crippen LogP contribution in [0.2, 0.25) is 0 Å². The molecule has 2 aromatic rings. The highest BCUT2D eigenvalue weighted by molar-refractivity contribution is 7.92. The Hall–Kier alpha value is -2.55. The third kappa shape index (κ3) is 6.99. The number of anilines is 1. The van der Waals surface area contributed by atoms with Gasteiger partial charge < -0.3 is 5.32 Å². The zero-order chi connectivity index (χ0) is 23.4. The van der Waals surface area contributed by atoms with Crippen LogP contribution in [-0.2, 0) is 26.4 Å². The molecule has 2 aromatic carbocycles. The van der Waals surface area contributed by atoms with Gasteiger partial charge >= 0.3 is 6.18 Å². The van der Waals surface area contributed by atoms with Gasteiger partial charge in [0.1, 0.15) is 6.54 Å². The first-order valence-corrected chi connectivity index (χ1v) is 11.5. The van der Waals surface area contributed by atoms with Crippen molar-refractivity contribution in [2.24, 2.45) is 0 Å². The molecule has 0 spiro atoms. The standard InChI is InChI=1S/C22H27F3N2O3S/c1-16(14-21(2,3)17-9-6-5-7-10-17)26-20(28)15-27(31(4,29)30)19-12-8-11-18(13-19)22(23,24)25/h5-13,16H,14-15H2,1-4H3,(H,26,28). The van der Waals surface area contributed by atoms with Crippen molar-refractivity contribution in [3.8, 4) is 0 Å². The summed E-state index contributed by atoms with van der Waals surface area (Å²) in [5.41, 5.74) is -0.356. The second-order valence-corrected chi connectivity index (χ2v) is 10.1. The smallest absolute Gasteiger partial charge is 0.352 e. The third-order valence-electron chi connectivity index (χ3n) is 4.93. The fourth-order valence-electron chi connectivity index (χ4n) is 3.51. The number of carbonyl (C=O) groups is 1. The fourth-order valence-corrected chi connectivity index (χ4v) is 4.36. The van der Waals surface area contributed by atoms with E-state index >= 15 is 0 Å². The number of amides is 1. The van der Waals surface area contributed by atoms with Gasteiger partial charge in [-0.2, -0.15) is 13.2 Å². The zero-order valence-corrected chi connectivity index (χ0v) is 18.7. The fraction of sp³-hybridized carbons (Fsp3) is 0.409. The molecule has 2 rings (SSSR count). The van der Waals surface area contributed by atoms with Gasteiger partial charge in [0, 0.05) is 6.04 Å². The summed E-state index contributed by atoms with van der Waals surface area (Å²) in [5.74, 6) is -0.598. The lowest BCUT2D eigenvalue weighted by Crippen LogP contribution is -2.44. The van der Waals surface area contributed by atoms with E-state index in [9.17, 15) is 26.4 Å². The molecule has 0 saturated heterocycles. The van der Waals surface area contributed by atoms with Crippen LogP contribution in [0.15, 0.2) is 54.6 Å². The summed E-state index contributed by atoms with van der Waals surface area (Å²) in [6.07, 6.45) is -3.19. The first-order chi connectivity index (χ1) is 14.2. The van der Waals surface area contributed by atoms with Gasteiger partial charge in [-0.25, -0.2) is 8.42 Å². The first kappa shape index (κ1) is 24.7. The number of nitrogens with zero attached hydrogens (tertiary/aromatic N) is 1. The summed E-state index contributed by atoms with van der Waals surface area (Å²) in [6, 6.07) is 13.4. The van der Waals surface area contributed by atoms with Crippen molar-refractivity contribution in [1.29, 1.82) is 0 Å². The van der Waals surface area contributed by atoms with Crippen molar-refractivity contribution in [3.63, 3.8) is 0 Å². The lowest BCUT2D eigenvalue weighted by molar-refractivity contribution is -0.137. The maximum Gasteiger partial charge on any atom is 0.416 e. The minimum atomic E-state index is -4.63. The normalized spacial score (nSPS) is 13.5. The molecule has 9 heteroatoms. The monoisotopic (exact) mass is 456 g/mol. The summed E-state index contributed by atoms with van der Waals surface area (Å²) in [7, 11) is -3.98. The minimum Gasteiger partial charge on any atom is -0.352 e. The van der Waals surface area contributed by atoms with E-state index in [4.69, 9.17) is 0 Å². The molecule has 0 aliphatic carbocycles. The highest BCUT2D eigenvalue weighted by Gasteiger charge is 2.32. The average molecular weight is 457 g/mol. The Bertz CT molecular complexity index is 1010. The lowest BCUT2D eigenvalue weighted by atomic mass is 9.79. The number of benzene rings is 2. The molecule has 0 aromatic heterocycles. The van der Waals surface area contributed by atoms with E-state index in [1.54, 1.807) is 6.92 Å². The number of rotatable bonds is 8. The second kappa shape index (κ2) is 9.30. The number of hydrogen-bond acceptors (Lipinski definition) is 3. The van der Waals surface area contributed by atoms with Gasteiger partial charge in [0.2, 0.25) is 15.9 Å². The number of alkyl halides is 3. The quantitative estimate of drug-likeness (QED) is 0.643. The Morgan fingerprint density at radius 3 is 2.16 bits per heavy atom. The largest absolute Gasteiger partial charge is 0.416 e. The van der Waals surface area contributed by atoms with E-state index in [1.165, 1.54) is 6.07 Å². The first-order valence-electron chi connectivity index (χ1n) is 9.70. The van der Waals surface area contributed by atoms with Gasteiger partial charge in [-0.15, -0.1) is 0 Å². The molecule has 31 heavy (non-hydrogen) atoms. The second-order valence-electron chi connectivity index (χ2n) is 8.24. The van der Waals surface area contributed by atoms with Crippen LogP contribution in [-0.4, -0.2) is 33.2 Å². The number of nitrogens with one attached hydrogen (secondary N) is 1. The molecule has 0 radical (unpaired) electrons. The van der Waals surface area contributed by atoms with Crippen LogP contribution in [0.4, 0.5) is 18.9 Å². The molecule has 1 unspecified atom stereocenters. The summed E-state index contributed by atoms with van der Waals surface area (Å²) in [6.45, 7) is 5.26. The van der Waals surface area contributed by atoms with E-state index in [0.717, 1.165) is 30.0 Å². The number of hydrogen-bond donors (Lipinski definition) is 1. The Balaban J connectivity index is 2.13. The van der Waals surface area contributed by atoms with Crippen LogP contribution < -0.4 is 9.62 Å². The predicted molar refractivity (Wildman–Crippen MR) is 115 cm³/mol. The van der Waals surface area contributed by atoms with Crippen LogP contribution in [0.1, 0.15) is 38.3 Å². The van der Waals surface area contributed by atoms with Gasteiger partial charge in [0.15, 0.2) is 0 Å². The Kier molecular flexibility index (Phi) is 7.41. The topological polar surface area (TPSA) is 66.5 Å². The molecule has 0 fully saturated rings. The maximum absolute atomic E-state index is 13.0. The molecule has 0 aliphatic heterocycles. The molecular formula is C22H27F3N2O3S. The van der Waals surface area contributed by atoms with E-state index < -0.39 is 34.2 Å². The average Bonchev–Trinajstić information content (AvgIpc) is 2.65. The molecule has 1 amide bonds. The van der Waals surface area contributed by atoms with Crippen molar-refractivity contribution >= 4 is 21.6 Å². The zero-order valence-electron chi connectivity index (χ0n) is 17.9. The van der Waals surface area contributed by atoms with Crippen LogP contribution in [0.3, 0.4) is 0 Å². The highest BCUT2D eigenvalue weighted by atomic mass is 32.2. The number of carbonyl (C=O) groups excluding carboxylic acids is 1. The van der Waals surface area contributed by atoms with Crippen LogP contribution >= 0.6 is 0 Å². The van der Waals surface area contributed by atoms with E-state index in [-0.39, 0.29) is 17.1 Å². The van der Waals surface area contributed by atoms with Gasteiger partial charge in [-0.1, -0.05) is 50.2 Å². The lowest BCUT2D eigenvalue weighted by Gasteiger charge is -2.30. The summed E-state index contributed by atoms with van der Waals surface area (Å²) in [4.78, 5) is 12.5. The van der Waals surface area contributed by atoms with Gasteiger partial charge in [0.25, 0.3) is 0 Å². The summed E-state index contributed by atoms with van der Waals surface area (Å²) in [5, 5.41) is 2.76. The van der Waals surface area contributed by atoms with Gasteiger partial charge in [-0.05, 0) is 42.5 Å². The molecular weight excluding hydrogens is 429 g/mol. The number of halogens is 3. The molecule has 1 atom stereocenters. The van der Waals surface area contributed by atoms with Crippen molar-refractivity contribution < 1.29 is 26.4 Å². The predicted octanol–water partition coefficient (Wildman–Crippen LogP) is 4.34. The van der Waals surface area contributed by atoms with Crippen molar-refractivity contribution in [2.75, 3.05) is 17.1 Å². The Morgan fingerprint density at radius 1 is 1.03 bits per heavy atom. The van der Waals surface area contributed by atoms with Gasteiger partial charge in [0.05, 0.1) is 17.5 Å². The Labute approximate surface area is 181 Å². The third-order valence-corrected chi connectivity index (χ3v) is 6.07. The molecule has 170 valence electrons. The summed E-state index contributed by atoms with van der Waals surface area (Å²) < 4.78 is 64.1. The maximum atomic E-state index is 13.0. The minimum absolute atomic E-state index is 0.218. The SMILES string of the molecule is CC(CC(C)(C)c1ccccc1)NC(=O)CN(c1cccc(C(F)(F)F)c1)S(C)(=O)=O. The number of sulfonamides is 1. The van der Waals surface area contributed by atoms with E-state index in [0.29, 0.717) is 10.7 Å². The molecule has 5 nitrogen and oxygen atoms in total. The molecule has 0 saturated carbocycles. The van der Waals surface area contributed by atoms with Crippen LogP contribution in [0.5, 0.6) is 0 Å². The Morgan fingerprint density at radius 2 is 1.61 bits per heavy atom. The van der Waals surface area contributed by atoms with Crippen LogP contribution in [0.25, 0.3) is 0 Å². The van der Waals surface area contributed by atoms with E-state index in [2.05, 4.69) is 5.32 Å². The molecule has 0 bridgehead atoms. The van der Waals surface area contributed by atoms with Crippen molar-refractivity contribution in [1.82, 2.24) is 5.32 Å². The van der Waals surface area contributed by atoms with E-state index in [1.807, 2.05) is 44.2 Å². The van der Waals surface area contributed by atoms with Crippen LogP contribution in [0, 0.1) is 0 Å². The summed E-state index contributed by atoms with van der Waals surface area (Å²) >= 11 is 0. The van der Waals surface area contributed by atoms with Crippen molar-refractivity contribution in [3.05, 3.63) is 65.7 Å². The molecule has 0 heterocycles.